The Balaban J connectivity index is 3.05. The predicted octanol–water partition coefficient (Wildman–Crippen LogP) is 5.90. The molecule has 1 aromatic carbocycles. The lowest BCUT2D eigenvalue weighted by Gasteiger charge is -2.32. The molecule has 1 rings (SSSR count). The number of esters is 2. The molecule has 0 spiro atoms. The first-order valence-electron chi connectivity index (χ1n) is 18.4. The van der Waals surface area contributed by atoms with Crippen molar-refractivity contribution in [2.75, 3.05) is 34.0 Å². The molecule has 0 heterocycles. The number of ether oxygens (including phenoxy) is 4. The molecule has 1 aromatic rings. The Morgan fingerprint density at radius 2 is 1.47 bits per heavy atom. The van der Waals surface area contributed by atoms with Crippen LogP contribution in [-0.2, 0) is 44.6 Å². The highest BCUT2D eigenvalue weighted by atomic mass is 16.6. The SMILES string of the molecule is CCCCCCCC(=O)CCCCCCC=C[C@H](C(=O)N[C@@H](Cc1ccc(OCCCC)cc1)C(=O)OC)[C@@](O)(CCOC)C(=O)OCC(=O)O. The Labute approximate surface area is 303 Å². The molecule has 0 radical (unpaired) electrons. The lowest BCUT2D eigenvalue weighted by atomic mass is 9.82. The maximum atomic E-state index is 13.9. The van der Waals surface area contributed by atoms with E-state index in [9.17, 15) is 29.1 Å². The van der Waals surface area contributed by atoms with Crippen LogP contribution in [0.5, 0.6) is 5.75 Å². The van der Waals surface area contributed by atoms with Gasteiger partial charge in [0.05, 0.1) is 19.6 Å². The van der Waals surface area contributed by atoms with Crippen molar-refractivity contribution in [3.8, 4) is 5.75 Å². The van der Waals surface area contributed by atoms with Gasteiger partial charge in [-0.1, -0.05) is 83.1 Å². The van der Waals surface area contributed by atoms with Gasteiger partial charge in [0, 0.05) is 39.4 Å². The Morgan fingerprint density at radius 1 is 0.843 bits per heavy atom. The lowest BCUT2D eigenvalue weighted by Crippen LogP contribution is -2.55. The van der Waals surface area contributed by atoms with Crippen LogP contribution in [0.1, 0.15) is 116 Å². The van der Waals surface area contributed by atoms with Crippen LogP contribution in [-0.4, -0.2) is 85.5 Å². The Bertz CT molecular complexity index is 1200. The number of allylic oxidation sites excluding steroid dienone is 1. The van der Waals surface area contributed by atoms with Crippen LogP contribution < -0.4 is 10.1 Å². The number of hydrogen-bond acceptors (Lipinski definition) is 10. The molecular formula is C39H61NO11. The first-order valence-corrected chi connectivity index (χ1v) is 18.4. The van der Waals surface area contributed by atoms with E-state index in [1.165, 1.54) is 39.6 Å². The van der Waals surface area contributed by atoms with Crippen molar-refractivity contribution in [2.24, 2.45) is 5.92 Å². The highest BCUT2D eigenvalue weighted by molar-refractivity contribution is 5.93. The summed E-state index contributed by atoms with van der Waals surface area (Å²) in [5, 5.41) is 23.4. The summed E-state index contributed by atoms with van der Waals surface area (Å²) >= 11 is 0. The molecule has 0 bridgehead atoms. The summed E-state index contributed by atoms with van der Waals surface area (Å²) in [7, 11) is 2.54. The van der Waals surface area contributed by atoms with E-state index in [1.54, 1.807) is 30.3 Å². The maximum Gasteiger partial charge on any atom is 0.341 e. The number of ketones is 1. The van der Waals surface area contributed by atoms with Crippen molar-refractivity contribution in [2.45, 2.75) is 128 Å². The van der Waals surface area contributed by atoms with E-state index in [2.05, 4.69) is 19.2 Å². The van der Waals surface area contributed by atoms with Crippen molar-refractivity contribution in [1.29, 1.82) is 0 Å². The molecule has 0 saturated heterocycles. The van der Waals surface area contributed by atoms with E-state index < -0.39 is 48.0 Å². The fraction of sp³-hybridized carbons (Fsp3) is 0.667. The van der Waals surface area contributed by atoms with Crippen LogP contribution in [0, 0.1) is 5.92 Å². The van der Waals surface area contributed by atoms with Gasteiger partial charge < -0.3 is 34.5 Å². The molecule has 0 aromatic heterocycles. The van der Waals surface area contributed by atoms with Crippen LogP contribution in [0.25, 0.3) is 0 Å². The number of rotatable bonds is 30. The van der Waals surface area contributed by atoms with E-state index in [0.717, 1.165) is 51.4 Å². The summed E-state index contributed by atoms with van der Waals surface area (Å²) < 4.78 is 20.6. The molecule has 12 nitrogen and oxygen atoms in total. The van der Waals surface area contributed by atoms with Gasteiger partial charge in [0.1, 0.15) is 17.6 Å². The number of nitrogens with one attached hydrogen (secondary N) is 1. The topological polar surface area (TPSA) is 175 Å². The van der Waals surface area contributed by atoms with Gasteiger partial charge in [0.2, 0.25) is 5.91 Å². The van der Waals surface area contributed by atoms with Gasteiger partial charge in [0.25, 0.3) is 0 Å². The number of amides is 1. The lowest BCUT2D eigenvalue weighted by molar-refractivity contribution is -0.178. The predicted molar refractivity (Wildman–Crippen MR) is 193 cm³/mol. The fourth-order valence-corrected chi connectivity index (χ4v) is 5.47. The Hall–Kier alpha value is -3.77. The average molecular weight is 720 g/mol. The molecule has 0 unspecified atom stereocenters. The summed E-state index contributed by atoms with van der Waals surface area (Å²) in [5.41, 5.74) is -1.81. The van der Waals surface area contributed by atoms with Gasteiger partial charge in [-0.2, -0.15) is 0 Å². The standard InChI is InChI=1S/C39H61NO11/c1-5-7-9-12-15-18-31(41)19-16-13-10-11-14-17-20-33(39(47,25-27-48-3)38(46)51-29-35(42)43)36(44)40-34(37(45)49-4)28-30-21-23-32(24-22-30)50-26-8-6-2/h17,20-24,33-34,47H,5-16,18-19,25-29H2,1-4H3,(H,40,44)(H,42,43)/t33-,34+,39+/m1/s1. The number of carboxylic acids is 1. The minimum atomic E-state index is -2.51. The van der Waals surface area contributed by atoms with Gasteiger partial charge >= 0.3 is 17.9 Å². The number of carbonyl (C=O) groups excluding carboxylic acids is 4. The molecule has 3 N–H and O–H groups in total. The van der Waals surface area contributed by atoms with Crippen molar-refractivity contribution in [3.63, 3.8) is 0 Å². The second-order valence-corrected chi connectivity index (χ2v) is 12.8. The summed E-state index contributed by atoms with van der Waals surface area (Å²) in [5.74, 6) is -4.95. The third-order valence-electron chi connectivity index (χ3n) is 8.56. The molecular weight excluding hydrogens is 658 g/mol. The number of hydrogen-bond donors (Lipinski definition) is 3. The third-order valence-corrected chi connectivity index (χ3v) is 8.56. The summed E-state index contributed by atoms with van der Waals surface area (Å²) in [6, 6.07) is 5.89. The minimum absolute atomic E-state index is 0.0470. The summed E-state index contributed by atoms with van der Waals surface area (Å²) in [4.78, 5) is 63.2. The monoisotopic (exact) mass is 719 g/mol. The van der Waals surface area contributed by atoms with Gasteiger partial charge in [-0.05, 0) is 49.8 Å². The van der Waals surface area contributed by atoms with E-state index in [0.29, 0.717) is 43.0 Å². The molecule has 51 heavy (non-hydrogen) atoms. The number of carbonyl (C=O) groups is 5. The zero-order valence-corrected chi connectivity index (χ0v) is 31.1. The summed E-state index contributed by atoms with van der Waals surface area (Å²) in [6.45, 7) is 3.64. The van der Waals surface area contributed by atoms with Crippen LogP contribution in [0.15, 0.2) is 36.4 Å². The molecule has 12 heteroatoms. The second kappa shape index (κ2) is 27.0. The van der Waals surface area contributed by atoms with Crippen molar-refractivity contribution >= 4 is 29.6 Å². The van der Waals surface area contributed by atoms with Crippen molar-refractivity contribution < 1.29 is 53.1 Å². The maximum absolute atomic E-state index is 13.9. The second-order valence-electron chi connectivity index (χ2n) is 12.8. The van der Waals surface area contributed by atoms with Crippen molar-refractivity contribution in [1.82, 2.24) is 5.32 Å². The zero-order valence-electron chi connectivity index (χ0n) is 31.1. The highest BCUT2D eigenvalue weighted by Crippen LogP contribution is 2.27. The highest BCUT2D eigenvalue weighted by Gasteiger charge is 2.48. The first kappa shape index (κ1) is 45.3. The molecule has 0 saturated carbocycles. The zero-order chi connectivity index (χ0) is 37.9. The first-order chi connectivity index (χ1) is 24.5. The largest absolute Gasteiger partial charge is 0.494 e. The van der Waals surface area contributed by atoms with Crippen LogP contribution in [0.3, 0.4) is 0 Å². The van der Waals surface area contributed by atoms with E-state index >= 15 is 0 Å². The van der Waals surface area contributed by atoms with Gasteiger partial charge in [-0.25, -0.2) is 14.4 Å². The van der Waals surface area contributed by atoms with Gasteiger partial charge in [-0.15, -0.1) is 0 Å². The van der Waals surface area contributed by atoms with Crippen molar-refractivity contribution in [3.05, 3.63) is 42.0 Å². The van der Waals surface area contributed by atoms with Gasteiger partial charge in [-0.3, -0.25) is 9.59 Å². The smallest absolute Gasteiger partial charge is 0.341 e. The molecule has 3 atom stereocenters. The molecule has 0 fully saturated rings. The number of aliphatic hydroxyl groups is 1. The van der Waals surface area contributed by atoms with Crippen LogP contribution in [0.2, 0.25) is 0 Å². The van der Waals surface area contributed by atoms with E-state index in [1.807, 2.05) is 0 Å². The van der Waals surface area contributed by atoms with Crippen LogP contribution in [0.4, 0.5) is 0 Å². The quantitative estimate of drug-likeness (QED) is 0.0490. The number of Topliss-reactive ketones (excluding diaryl/α,β-unsaturated/α-hetero) is 1. The number of aliphatic carboxylic acids is 1. The average Bonchev–Trinajstić information content (AvgIpc) is 3.12. The van der Waals surface area contributed by atoms with Crippen LogP contribution >= 0.6 is 0 Å². The van der Waals surface area contributed by atoms with E-state index in [-0.39, 0.29) is 19.4 Å². The molecule has 288 valence electrons. The Kier molecular flexibility index (Phi) is 23.9. The fourth-order valence-electron chi connectivity index (χ4n) is 5.47. The van der Waals surface area contributed by atoms with Gasteiger partial charge in [0.15, 0.2) is 12.2 Å². The summed E-state index contributed by atoms with van der Waals surface area (Å²) in [6.07, 6.45) is 15.1. The number of benzene rings is 1. The molecule has 0 aliphatic carbocycles. The number of methoxy groups -OCH3 is 2. The third kappa shape index (κ3) is 18.9. The van der Waals surface area contributed by atoms with E-state index in [4.69, 9.17) is 24.1 Å². The molecule has 1 amide bonds. The normalized spacial score (nSPS) is 13.6. The number of unbranched alkanes of at least 4 members (excludes halogenated alkanes) is 9. The molecule has 0 aliphatic heterocycles. The Morgan fingerprint density at radius 3 is 2.06 bits per heavy atom. The number of carboxylic acid groups (broad SMARTS) is 1. The molecule has 0 aliphatic rings. The minimum Gasteiger partial charge on any atom is -0.494 e.